The summed E-state index contributed by atoms with van der Waals surface area (Å²) in [5, 5.41) is 0. The van der Waals surface area contributed by atoms with Gasteiger partial charge < -0.3 is 19.1 Å². The Kier molecular flexibility index (Phi) is 11.6. The van der Waals surface area contributed by atoms with Crippen LogP contribution in [0, 0.1) is 6.92 Å². The molecule has 0 saturated carbocycles. The second kappa shape index (κ2) is 13.1. The summed E-state index contributed by atoms with van der Waals surface area (Å²) < 4.78 is 44.9. The van der Waals surface area contributed by atoms with Crippen LogP contribution in [-0.2, 0) is 28.5 Å². The second-order valence-corrected chi connectivity index (χ2v) is 15.4. The van der Waals surface area contributed by atoms with Crippen LogP contribution in [0.1, 0.15) is 5.56 Å². The number of likely N-dealkylation sites (N-methyl/N-ethyl adjacent to an activating group) is 1. The molecule has 1 rings (SSSR count). The molecule has 0 spiro atoms. The van der Waals surface area contributed by atoms with E-state index >= 15 is 0 Å². The van der Waals surface area contributed by atoms with Gasteiger partial charge in [-0.2, -0.15) is 8.42 Å². The summed E-state index contributed by atoms with van der Waals surface area (Å²) in [6.45, 7) is 10.5. The first-order valence-corrected chi connectivity index (χ1v) is 15.1. The van der Waals surface area contributed by atoms with Crippen molar-refractivity contribution in [1.29, 1.82) is 0 Å². The van der Waals surface area contributed by atoms with Gasteiger partial charge in [0.25, 0.3) is 10.1 Å². The second-order valence-electron chi connectivity index (χ2n) is 8.16. The number of nitrogens with zero attached hydrogens (tertiary/aromatic N) is 1. The Bertz CT molecular complexity index is 733. The Morgan fingerprint density at radius 2 is 1.50 bits per heavy atom. The number of hydrogen-bond acceptors (Lipinski definition) is 7. The van der Waals surface area contributed by atoms with Crippen LogP contribution in [-0.4, -0.2) is 80.7 Å². The summed E-state index contributed by atoms with van der Waals surface area (Å²) >= 11 is 0. The van der Waals surface area contributed by atoms with Crippen molar-refractivity contribution < 1.29 is 31.6 Å². The molecule has 0 aliphatic heterocycles. The lowest BCUT2D eigenvalue weighted by Gasteiger charge is -2.19. The SMILES string of the molecule is Cc1ccc(S(=O)(=O)OCCOCCOCCN(C)C(=O)OCC[Si](C)(C)C)cc1. The third-order valence-corrected chi connectivity index (χ3v) is 7.14. The highest BCUT2D eigenvalue weighted by atomic mass is 32.2. The molecular weight excluding hydrogens is 426 g/mol. The first-order valence-electron chi connectivity index (χ1n) is 10.0. The molecule has 0 saturated heterocycles. The normalized spacial score (nSPS) is 12.0. The van der Waals surface area contributed by atoms with Gasteiger partial charge in [-0.1, -0.05) is 37.3 Å². The minimum absolute atomic E-state index is 0.0673. The molecule has 8 nitrogen and oxygen atoms in total. The van der Waals surface area contributed by atoms with Crippen LogP contribution in [0.15, 0.2) is 29.2 Å². The Morgan fingerprint density at radius 1 is 0.933 bits per heavy atom. The number of amides is 1. The maximum Gasteiger partial charge on any atom is 0.409 e. The zero-order valence-corrected chi connectivity index (χ0v) is 20.5. The van der Waals surface area contributed by atoms with Gasteiger partial charge in [0.15, 0.2) is 0 Å². The van der Waals surface area contributed by atoms with E-state index in [0.29, 0.717) is 33.0 Å². The average Bonchev–Trinajstić information content (AvgIpc) is 2.65. The van der Waals surface area contributed by atoms with Crippen LogP contribution >= 0.6 is 0 Å². The smallest absolute Gasteiger partial charge is 0.409 e. The molecule has 0 aliphatic carbocycles. The lowest BCUT2D eigenvalue weighted by molar-refractivity contribution is 0.0303. The van der Waals surface area contributed by atoms with Gasteiger partial charge >= 0.3 is 6.09 Å². The van der Waals surface area contributed by atoms with E-state index in [2.05, 4.69) is 19.6 Å². The van der Waals surface area contributed by atoms with Crippen molar-refractivity contribution in [2.24, 2.45) is 0 Å². The van der Waals surface area contributed by atoms with Gasteiger partial charge in [0, 0.05) is 21.7 Å². The number of carbonyl (C=O) groups excluding carboxylic acids is 1. The summed E-state index contributed by atoms with van der Waals surface area (Å²) in [7, 11) is -3.32. The molecule has 0 radical (unpaired) electrons. The quantitative estimate of drug-likeness (QED) is 0.239. The van der Waals surface area contributed by atoms with Gasteiger partial charge in [0.2, 0.25) is 0 Å². The standard InChI is InChI=1S/C20H35NO7SSi/c1-18-6-8-19(9-7-18)29(23,24)28-15-14-26-13-12-25-11-10-21(2)20(22)27-16-17-30(3,4)5/h6-9H,10-17H2,1-5H3. The maximum atomic E-state index is 12.0. The van der Waals surface area contributed by atoms with E-state index in [-0.39, 0.29) is 24.2 Å². The number of carbonyl (C=O) groups is 1. The van der Waals surface area contributed by atoms with Gasteiger partial charge in [-0.3, -0.25) is 4.18 Å². The molecule has 0 heterocycles. The molecule has 30 heavy (non-hydrogen) atoms. The Balaban J connectivity index is 2.05. The van der Waals surface area contributed by atoms with Gasteiger partial charge in [-0.25, -0.2) is 4.79 Å². The zero-order valence-electron chi connectivity index (χ0n) is 18.7. The molecule has 0 atom stereocenters. The van der Waals surface area contributed by atoms with E-state index < -0.39 is 18.2 Å². The molecule has 172 valence electrons. The van der Waals surface area contributed by atoms with Crippen LogP contribution < -0.4 is 0 Å². The highest BCUT2D eigenvalue weighted by molar-refractivity contribution is 7.86. The molecular formula is C20H35NO7SSi. The maximum absolute atomic E-state index is 12.0. The zero-order chi connectivity index (χ0) is 22.6. The molecule has 0 N–H and O–H groups in total. The number of hydrogen-bond donors (Lipinski definition) is 0. The van der Waals surface area contributed by atoms with Gasteiger partial charge in [-0.15, -0.1) is 0 Å². The van der Waals surface area contributed by atoms with Gasteiger partial charge in [0.05, 0.1) is 44.5 Å². The lowest BCUT2D eigenvalue weighted by Crippen LogP contribution is -2.32. The van der Waals surface area contributed by atoms with E-state index in [9.17, 15) is 13.2 Å². The van der Waals surface area contributed by atoms with Crippen molar-refractivity contribution in [3.05, 3.63) is 29.8 Å². The minimum atomic E-state index is -3.77. The van der Waals surface area contributed by atoms with Crippen LogP contribution in [0.25, 0.3) is 0 Å². The van der Waals surface area contributed by atoms with E-state index in [1.807, 2.05) is 6.92 Å². The number of rotatable bonds is 14. The van der Waals surface area contributed by atoms with Crippen LogP contribution in [0.3, 0.4) is 0 Å². The minimum Gasteiger partial charge on any atom is -0.450 e. The molecule has 0 bridgehead atoms. The average molecular weight is 462 g/mol. The van der Waals surface area contributed by atoms with Gasteiger partial charge in [0.1, 0.15) is 0 Å². The number of aryl methyl sites for hydroxylation is 1. The fourth-order valence-electron chi connectivity index (χ4n) is 2.15. The third-order valence-electron chi connectivity index (χ3n) is 4.11. The van der Waals surface area contributed by atoms with E-state index in [4.69, 9.17) is 18.4 Å². The first-order chi connectivity index (χ1) is 14.0. The summed E-state index contributed by atoms with van der Waals surface area (Å²) in [5.74, 6) is 0. The molecule has 0 unspecified atom stereocenters. The predicted molar refractivity (Wildman–Crippen MR) is 118 cm³/mol. The highest BCUT2D eigenvalue weighted by Gasteiger charge is 2.16. The Morgan fingerprint density at radius 3 is 2.10 bits per heavy atom. The van der Waals surface area contributed by atoms with Crippen molar-refractivity contribution in [1.82, 2.24) is 4.90 Å². The molecule has 1 aromatic carbocycles. The van der Waals surface area contributed by atoms with Crippen molar-refractivity contribution in [2.45, 2.75) is 37.5 Å². The van der Waals surface area contributed by atoms with Crippen molar-refractivity contribution in [3.63, 3.8) is 0 Å². The van der Waals surface area contributed by atoms with Crippen LogP contribution in [0.2, 0.25) is 25.7 Å². The summed E-state index contributed by atoms with van der Waals surface area (Å²) in [4.78, 5) is 13.4. The van der Waals surface area contributed by atoms with E-state index in [1.54, 1.807) is 19.2 Å². The fourth-order valence-corrected chi connectivity index (χ4v) is 3.75. The number of benzene rings is 1. The monoisotopic (exact) mass is 461 g/mol. The molecule has 1 aromatic rings. The van der Waals surface area contributed by atoms with E-state index in [0.717, 1.165) is 11.6 Å². The Hall–Kier alpha value is -1.46. The fraction of sp³-hybridized carbons (Fsp3) is 0.650. The predicted octanol–water partition coefficient (Wildman–Crippen LogP) is 3.14. The molecule has 0 aliphatic rings. The molecule has 1 amide bonds. The van der Waals surface area contributed by atoms with Gasteiger partial charge in [-0.05, 0) is 25.1 Å². The van der Waals surface area contributed by atoms with Crippen molar-refractivity contribution >= 4 is 24.3 Å². The van der Waals surface area contributed by atoms with E-state index in [1.165, 1.54) is 17.0 Å². The largest absolute Gasteiger partial charge is 0.450 e. The van der Waals surface area contributed by atoms with Crippen molar-refractivity contribution in [2.75, 3.05) is 53.2 Å². The number of ether oxygens (including phenoxy) is 3. The lowest BCUT2D eigenvalue weighted by atomic mass is 10.2. The van der Waals surface area contributed by atoms with Crippen LogP contribution in [0.4, 0.5) is 4.79 Å². The molecule has 0 aromatic heterocycles. The summed E-state index contributed by atoms with van der Waals surface area (Å²) in [6, 6.07) is 7.40. The third kappa shape index (κ3) is 11.7. The molecule has 0 fully saturated rings. The highest BCUT2D eigenvalue weighted by Crippen LogP contribution is 2.13. The summed E-state index contributed by atoms with van der Waals surface area (Å²) in [5.41, 5.74) is 0.974. The summed E-state index contributed by atoms with van der Waals surface area (Å²) in [6.07, 6.45) is -0.347. The topological polar surface area (TPSA) is 91.4 Å². The molecule has 10 heteroatoms. The van der Waals surface area contributed by atoms with Crippen molar-refractivity contribution in [3.8, 4) is 0 Å². The first kappa shape index (κ1) is 26.6. The Labute approximate surface area is 181 Å². The van der Waals surface area contributed by atoms with Crippen LogP contribution in [0.5, 0.6) is 0 Å².